The van der Waals surface area contributed by atoms with Gasteiger partial charge < -0.3 is 16.0 Å². The lowest BCUT2D eigenvalue weighted by Gasteiger charge is -2.19. The molecule has 0 atom stereocenters. The van der Waals surface area contributed by atoms with Crippen LogP contribution in [-0.2, 0) is 4.79 Å². The van der Waals surface area contributed by atoms with Crippen molar-refractivity contribution < 1.29 is 4.79 Å². The number of hydrogen-bond acceptors (Lipinski definition) is 3. The van der Waals surface area contributed by atoms with Crippen LogP contribution >= 0.6 is 23.2 Å². The largest absolute Gasteiger partial charge is 0.397 e. The fourth-order valence-corrected chi connectivity index (χ4v) is 1.91. The van der Waals surface area contributed by atoms with Gasteiger partial charge in [0.15, 0.2) is 0 Å². The fourth-order valence-electron chi connectivity index (χ4n) is 1.57. The zero-order valence-corrected chi connectivity index (χ0v) is 12.0. The third kappa shape index (κ3) is 3.68. The second kappa shape index (κ2) is 6.71. The number of amides is 1. The summed E-state index contributed by atoms with van der Waals surface area (Å²) in [5, 5.41) is 3.77. The van der Waals surface area contributed by atoms with E-state index >= 15 is 0 Å². The molecule has 0 unspecified atom stereocenters. The Labute approximate surface area is 117 Å². The third-order valence-electron chi connectivity index (χ3n) is 2.64. The Morgan fingerprint density at radius 2 is 1.83 bits per heavy atom. The normalized spacial score (nSPS) is 10.2. The van der Waals surface area contributed by atoms with Gasteiger partial charge in [0.2, 0.25) is 5.91 Å². The van der Waals surface area contributed by atoms with E-state index in [1.165, 1.54) is 0 Å². The number of nitrogen functional groups attached to an aromatic ring is 1. The van der Waals surface area contributed by atoms with E-state index in [1.807, 2.05) is 13.8 Å². The van der Waals surface area contributed by atoms with Crippen molar-refractivity contribution in [3.05, 3.63) is 22.2 Å². The minimum absolute atomic E-state index is 0.0190. The zero-order valence-electron chi connectivity index (χ0n) is 10.5. The maximum atomic E-state index is 11.8. The van der Waals surface area contributed by atoms with Crippen LogP contribution in [-0.4, -0.2) is 30.4 Å². The Morgan fingerprint density at radius 3 is 2.39 bits per heavy atom. The van der Waals surface area contributed by atoms with Crippen LogP contribution in [0.2, 0.25) is 10.0 Å². The number of anilines is 2. The Balaban J connectivity index is 2.69. The molecule has 0 saturated carbocycles. The SMILES string of the molecule is CCN(CC)C(=O)CNc1cc(Cl)c(Cl)cc1N. The average Bonchev–Trinajstić information content (AvgIpc) is 2.33. The van der Waals surface area contributed by atoms with Crippen molar-refractivity contribution in [1.82, 2.24) is 4.90 Å². The summed E-state index contributed by atoms with van der Waals surface area (Å²) in [6, 6.07) is 3.18. The molecule has 1 aromatic rings. The molecule has 0 bridgehead atoms. The van der Waals surface area contributed by atoms with E-state index in [2.05, 4.69) is 5.32 Å². The highest BCUT2D eigenvalue weighted by molar-refractivity contribution is 6.42. The molecule has 0 spiro atoms. The first-order valence-electron chi connectivity index (χ1n) is 5.75. The first-order chi connectivity index (χ1) is 8.49. The minimum atomic E-state index is 0.0190. The molecule has 1 rings (SSSR count). The number of benzene rings is 1. The molecule has 1 amide bonds. The third-order valence-corrected chi connectivity index (χ3v) is 3.36. The molecule has 0 saturated heterocycles. The highest BCUT2D eigenvalue weighted by Gasteiger charge is 2.10. The average molecular weight is 290 g/mol. The van der Waals surface area contributed by atoms with Gasteiger partial charge in [-0.25, -0.2) is 0 Å². The Hall–Kier alpha value is -1.13. The van der Waals surface area contributed by atoms with E-state index in [0.29, 0.717) is 34.5 Å². The molecule has 0 aliphatic carbocycles. The van der Waals surface area contributed by atoms with Crippen molar-refractivity contribution in [2.45, 2.75) is 13.8 Å². The van der Waals surface area contributed by atoms with Crippen molar-refractivity contribution in [2.75, 3.05) is 30.7 Å². The van der Waals surface area contributed by atoms with Crippen LogP contribution in [0.4, 0.5) is 11.4 Å². The summed E-state index contributed by atoms with van der Waals surface area (Å²) in [6.45, 7) is 5.44. The molecule has 4 nitrogen and oxygen atoms in total. The van der Waals surface area contributed by atoms with Crippen LogP contribution in [0, 0.1) is 0 Å². The summed E-state index contributed by atoms with van der Waals surface area (Å²) in [6.07, 6.45) is 0. The van der Waals surface area contributed by atoms with Gasteiger partial charge in [0, 0.05) is 13.1 Å². The van der Waals surface area contributed by atoms with E-state index in [-0.39, 0.29) is 12.5 Å². The standard InChI is InChI=1S/C12H17Cl2N3O/c1-3-17(4-2)12(18)7-16-11-6-9(14)8(13)5-10(11)15/h5-6,16H,3-4,7,15H2,1-2H3. The summed E-state index contributed by atoms with van der Waals surface area (Å²) in [5.41, 5.74) is 6.87. The lowest BCUT2D eigenvalue weighted by molar-refractivity contribution is -0.128. The van der Waals surface area contributed by atoms with Crippen LogP contribution in [0.1, 0.15) is 13.8 Å². The van der Waals surface area contributed by atoms with Crippen molar-refractivity contribution in [3.63, 3.8) is 0 Å². The van der Waals surface area contributed by atoms with Gasteiger partial charge in [-0.1, -0.05) is 23.2 Å². The number of halogens is 2. The molecule has 1 aromatic carbocycles. The van der Waals surface area contributed by atoms with E-state index in [1.54, 1.807) is 17.0 Å². The molecule has 100 valence electrons. The molecule has 0 aliphatic rings. The maximum Gasteiger partial charge on any atom is 0.241 e. The smallest absolute Gasteiger partial charge is 0.241 e. The number of carbonyl (C=O) groups excluding carboxylic acids is 1. The van der Waals surface area contributed by atoms with Gasteiger partial charge in [0.25, 0.3) is 0 Å². The minimum Gasteiger partial charge on any atom is -0.397 e. The summed E-state index contributed by atoms with van der Waals surface area (Å²) < 4.78 is 0. The van der Waals surface area contributed by atoms with Gasteiger partial charge in [0.05, 0.1) is 28.0 Å². The molecule has 0 aromatic heterocycles. The second-order valence-electron chi connectivity index (χ2n) is 3.77. The predicted octanol–water partition coefficient (Wildman–Crippen LogP) is 2.86. The van der Waals surface area contributed by atoms with Crippen LogP contribution in [0.25, 0.3) is 0 Å². The van der Waals surface area contributed by atoms with Gasteiger partial charge in [-0.05, 0) is 26.0 Å². The second-order valence-corrected chi connectivity index (χ2v) is 4.59. The first-order valence-corrected chi connectivity index (χ1v) is 6.51. The van der Waals surface area contributed by atoms with E-state index in [4.69, 9.17) is 28.9 Å². The Bertz CT molecular complexity index is 434. The Kier molecular flexibility index (Phi) is 5.56. The van der Waals surface area contributed by atoms with Crippen molar-refractivity contribution in [2.24, 2.45) is 0 Å². The van der Waals surface area contributed by atoms with Crippen LogP contribution < -0.4 is 11.1 Å². The highest BCUT2D eigenvalue weighted by atomic mass is 35.5. The number of nitrogens with zero attached hydrogens (tertiary/aromatic N) is 1. The molecule has 0 aliphatic heterocycles. The van der Waals surface area contributed by atoms with Gasteiger partial charge in [0.1, 0.15) is 0 Å². The summed E-state index contributed by atoms with van der Waals surface area (Å²) in [7, 11) is 0. The van der Waals surface area contributed by atoms with Gasteiger partial charge in [-0.2, -0.15) is 0 Å². The predicted molar refractivity (Wildman–Crippen MR) is 77.3 cm³/mol. The molecule has 18 heavy (non-hydrogen) atoms. The van der Waals surface area contributed by atoms with Crippen LogP contribution in [0.5, 0.6) is 0 Å². The van der Waals surface area contributed by atoms with E-state index in [0.717, 1.165) is 0 Å². The number of nitrogens with two attached hydrogens (primary N) is 1. The van der Waals surface area contributed by atoms with Gasteiger partial charge in [-0.3, -0.25) is 4.79 Å². The van der Waals surface area contributed by atoms with Crippen LogP contribution in [0.3, 0.4) is 0 Å². The number of rotatable bonds is 5. The molecule has 3 N–H and O–H groups in total. The molecular formula is C12H17Cl2N3O. The van der Waals surface area contributed by atoms with Crippen molar-refractivity contribution in [3.8, 4) is 0 Å². The summed E-state index contributed by atoms with van der Waals surface area (Å²) >= 11 is 11.7. The lowest BCUT2D eigenvalue weighted by atomic mass is 10.2. The van der Waals surface area contributed by atoms with Crippen LogP contribution in [0.15, 0.2) is 12.1 Å². The molecule has 0 fully saturated rings. The van der Waals surface area contributed by atoms with E-state index in [9.17, 15) is 4.79 Å². The number of hydrogen-bond donors (Lipinski definition) is 2. The summed E-state index contributed by atoms with van der Waals surface area (Å²) in [5.74, 6) is 0.0190. The zero-order chi connectivity index (χ0) is 13.7. The number of nitrogens with one attached hydrogen (secondary N) is 1. The lowest BCUT2D eigenvalue weighted by Crippen LogP contribution is -2.35. The maximum absolute atomic E-state index is 11.8. The molecule has 0 radical (unpaired) electrons. The molecule has 0 heterocycles. The topological polar surface area (TPSA) is 58.4 Å². The Morgan fingerprint density at radius 1 is 1.28 bits per heavy atom. The highest BCUT2D eigenvalue weighted by Crippen LogP contribution is 2.30. The molecule has 6 heteroatoms. The van der Waals surface area contributed by atoms with E-state index < -0.39 is 0 Å². The molecular weight excluding hydrogens is 273 g/mol. The van der Waals surface area contributed by atoms with Crippen molar-refractivity contribution in [1.29, 1.82) is 0 Å². The first kappa shape index (κ1) is 14.9. The quantitative estimate of drug-likeness (QED) is 0.820. The van der Waals surface area contributed by atoms with Gasteiger partial charge in [-0.15, -0.1) is 0 Å². The van der Waals surface area contributed by atoms with Crippen molar-refractivity contribution >= 4 is 40.5 Å². The number of likely N-dealkylation sites (N-methyl/N-ethyl adjacent to an activating group) is 1. The monoisotopic (exact) mass is 289 g/mol. The van der Waals surface area contributed by atoms with Gasteiger partial charge >= 0.3 is 0 Å². The number of carbonyl (C=O) groups is 1. The summed E-state index contributed by atoms with van der Waals surface area (Å²) in [4.78, 5) is 13.5. The fraction of sp³-hybridized carbons (Fsp3) is 0.417.